The molecule has 0 N–H and O–H groups in total. The minimum Gasteiger partial charge on any atom is -0.332 e. The van der Waals surface area contributed by atoms with Gasteiger partial charge in [0, 0.05) is 31.5 Å². The van der Waals surface area contributed by atoms with Crippen molar-refractivity contribution in [3.8, 4) is 0 Å². The Bertz CT molecular complexity index is 900. The third-order valence-electron chi connectivity index (χ3n) is 4.19. The van der Waals surface area contributed by atoms with Gasteiger partial charge in [-0.2, -0.15) is 4.98 Å². The van der Waals surface area contributed by atoms with E-state index in [2.05, 4.69) is 44.2 Å². The van der Waals surface area contributed by atoms with Crippen LogP contribution in [0.25, 0.3) is 5.78 Å². The number of hydrogen-bond donors (Lipinski definition) is 0. The van der Waals surface area contributed by atoms with Crippen molar-refractivity contribution in [1.29, 1.82) is 0 Å². The van der Waals surface area contributed by atoms with Crippen LogP contribution in [0.5, 0.6) is 0 Å². The van der Waals surface area contributed by atoms with Crippen LogP contribution in [0.15, 0.2) is 36.5 Å². The number of amides is 1. The standard InChI is InChI=1S/C19H24N6O/c1-5-24(13-16-8-6-15(7-9-16)12-23(3)4)18(26)17-21-19-20-11-10-14(2)25(19)22-17/h6-11H,5,12-13H2,1-4H3. The Kier molecular flexibility index (Phi) is 5.27. The van der Waals surface area contributed by atoms with E-state index in [9.17, 15) is 4.79 Å². The van der Waals surface area contributed by atoms with Gasteiger partial charge in [-0.05, 0) is 45.1 Å². The van der Waals surface area contributed by atoms with E-state index in [-0.39, 0.29) is 11.7 Å². The normalized spacial score (nSPS) is 11.3. The largest absolute Gasteiger partial charge is 0.332 e. The molecule has 2 heterocycles. The van der Waals surface area contributed by atoms with E-state index in [4.69, 9.17) is 0 Å². The third kappa shape index (κ3) is 3.88. The molecule has 0 saturated heterocycles. The van der Waals surface area contributed by atoms with Gasteiger partial charge in [0.1, 0.15) is 0 Å². The van der Waals surface area contributed by atoms with Gasteiger partial charge in [0.15, 0.2) is 0 Å². The number of carbonyl (C=O) groups excluding carboxylic acids is 1. The number of rotatable bonds is 6. The zero-order valence-electron chi connectivity index (χ0n) is 15.7. The van der Waals surface area contributed by atoms with E-state index >= 15 is 0 Å². The van der Waals surface area contributed by atoms with E-state index in [0.717, 1.165) is 17.8 Å². The fourth-order valence-electron chi connectivity index (χ4n) is 2.80. The van der Waals surface area contributed by atoms with Crippen LogP contribution in [0, 0.1) is 6.92 Å². The Hall–Kier alpha value is -2.80. The fraction of sp³-hybridized carbons (Fsp3) is 0.368. The maximum Gasteiger partial charge on any atom is 0.293 e. The van der Waals surface area contributed by atoms with Crippen LogP contribution in [-0.2, 0) is 13.1 Å². The minimum absolute atomic E-state index is 0.179. The van der Waals surface area contributed by atoms with Gasteiger partial charge in [-0.1, -0.05) is 24.3 Å². The molecule has 7 heteroatoms. The second kappa shape index (κ2) is 7.61. The average Bonchev–Trinajstić information content (AvgIpc) is 3.06. The van der Waals surface area contributed by atoms with E-state index in [1.54, 1.807) is 15.6 Å². The van der Waals surface area contributed by atoms with Crippen molar-refractivity contribution in [1.82, 2.24) is 29.4 Å². The predicted octanol–water partition coefficient (Wildman–Crippen LogP) is 2.16. The molecule has 0 aliphatic carbocycles. The summed E-state index contributed by atoms with van der Waals surface area (Å²) in [7, 11) is 4.09. The number of aryl methyl sites for hydroxylation is 1. The van der Waals surface area contributed by atoms with Crippen LogP contribution >= 0.6 is 0 Å². The molecular weight excluding hydrogens is 328 g/mol. The third-order valence-corrected chi connectivity index (χ3v) is 4.19. The Labute approximate surface area is 153 Å². The van der Waals surface area contributed by atoms with Gasteiger partial charge in [0.05, 0.1) is 0 Å². The number of benzene rings is 1. The number of hydrogen-bond acceptors (Lipinski definition) is 5. The molecular formula is C19H24N6O. The smallest absolute Gasteiger partial charge is 0.293 e. The van der Waals surface area contributed by atoms with Crippen molar-refractivity contribution in [2.45, 2.75) is 26.9 Å². The topological polar surface area (TPSA) is 66.6 Å². The molecule has 0 fully saturated rings. The number of aromatic nitrogens is 4. The summed E-state index contributed by atoms with van der Waals surface area (Å²) >= 11 is 0. The molecule has 0 aliphatic heterocycles. The highest BCUT2D eigenvalue weighted by atomic mass is 16.2. The quantitative estimate of drug-likeness (QED) is 0.680. The second-order valence-corrected chi connectivity index (χ2v) is 6.61. The van der Waals surface area contributed by atoms with E-state index < -0.39 is 0 Å². The first kappa shape index (κ1) is 18.0. The van der Waals surface area contributed by atoms with E-state index in [0.29, 0.717) is 18.9 Å². The molecule has 0 spiro atoms. The first-order valence-corrected chi connectivity index (χ1v) is 8.68. The summed E-state index contributed by atoms with van der Waals surface area (Å²) in [6.07, 6.45) is 1.67. The highest BCUT2D eigenvalue weighted by Gasteiger charge is 2.20. The number of fused-ring (bicyclic) bond motifs is 1. The Morgan fingerprint density at radius 1 is 1.08 bits per heavy atom. The average molecular weight is 352 g/mol. The van der Waals surface area contributed by atoms with Crippen molar-refractivity contribution in [3.05, 3.63) is 59.2 Å². The molecule has 0 unspecified atom stereocenters. The van der Waals surface area contributed by atoms with Crippen molar-refractivity contribution >= 4 is 11.7 Å². The molecule has 136 valence electrons. The summed E-state index contributed by atoms with van der Waals surface area (Å²) in [5.74, 6) is 0.435. The van der Waals surface area contributed by atoms with Crippen LogP contribution in [0.2, 0.25) is 0 Å². The van der Waals surface area contributed by atoms with Crippen LogP contribution in [0.1, 0.15) is 34.4 Å². The first-order chi connectivity index (χ1) is 12.5. The number of nitrogens with zero attached hydrogens (tertiary/aromatic N) is 6. The second-order valence-electron chi connectivity index (χ2n) is 6.61. The van der Waals surface area contributed by atoms with Gasteiger partial charge in [0.2, 0.25) is 5.82 Å². The summed E-state index contributed by atoms with van der Waals surface area (Å²) in [6.45, 7) is 5.87. The molecule has 0 bridgehead atoms. The summed E-state index contributed by atoms with van der Waals surface area (Å²) in [5, 5.41) is 4.32. The Morgan fingerprint density at radius 3 is 2.31 bits per heavy atom. The van der Waals surface area contributed by atoms with Gasteiger partial charge >= 0.3 is 0 Å². The Balaban J connectivity index is 1.77. The lowest BCUT2D eigenvalue weighted by Gasteiger charge is -2.19. The minimum atomic E-state index is -0.185. The SMILES string of the molecule is CCN(Cc1ccc(CN(C)C)cc1)C(=O)c1nc2nccc(C)n2n1. The fourth-order valence-corrected chi connectivity index (χ4v) is 2.80. The van der Waals surface area contributed by atoms with Crippen LogP contribution in [-0.4, -0.2) is 55.9 Å². The van der Waals surface area contributed by atoms with E-state index in [1.165, 1.54) is 5.56 Å². The lowest BCUT2D eigenvalue weighted by atomic mass is 10.1. The van der Waals surface area contributed by atoms with E-state index in [1.807, 2.05) is 34.0 Å². The zero-order valence-corrected chi connectivity index (χ0v) is 15.7. The van der Waals surface area contributed by atoms with Crippen molar-refractivity contribution in [2.24, 2.45) is 0 Å². The maximum atomic E-state index is 12.8. The molecule has 7 nitrogen and oxygen atoms in total. The van der Waals surface area contributed by atoms with Gasteiger partial charge in [-0.25, -0.2) is 9.50 Å². The van der Waals surface area contributed by atoms with Gasteiger partial charge in [-0.15, -0.1) is 5.10 Å². The van der Waals surface area contributed by atoms with Gasteiger partial charge < -0.3 is 9.80 Å². The molecule has 0 aliphatic rings. The molecule has 0 atom stereocenters. The van der Waals surface area contributed by atoms with Crippen LogP contribution in [0.4, 0.5) is 0 Å². The summed E-state index contributed by atoms with van der Waals surface area (Å²) in [5.41, 5.74) is 3.22. The van der Waals surface area contributed by atoms with Crippen molar-refractivity contribution < 1.29 is 4.79 Å². The molecule has 3 aromatic rings. The highest BCUT2D eigenvalue weighted by molar-refractivity contribution is 5.90. The predicted molar refractivity (Wildman–Crippen MR) is 99.8 cm³/mol. The molecule has 26 heavy (non-hydrogen) atoms. The van der Waals surface area contributed by atoms with Crippen LogP contribution in [0.3, 0.4) is 0 Å². The van der Waals surface area contributed by atoms with Gasteiger partial charge in [-0.3, -0.25) is 4.79 Å². The summed E-state index contributed by atoms with van der Waals surface area (Å²) in [4.78, 5) is 25.1. The Morgan fingerprint density at radius 2 is 1.73 bits per heavy atom. The lowest BCUT2D eigenvalue weighted by molar-refractivity contribution is 0.0740. The van der Waals surface area contributed by atoms with Crippen LogP contribution < -0.4 is 0 Å². The molecule has 0 saturated carbocycles. The van der Waals surface area contributed by atoms with Crippen molar-refractivity contribution in [2.75, 3.05) is 20.6 Å². The highest BCUT2D eigenvalue weighted by Crippen LogP contribution is 2.11. The lowest BCUT2D eigenvalue weighted by Crippen LogP contribution is -2.31. The maximum absolute atomic E-state index is 12.8. The number of carbonyl (C=O) groups is 1. The monoisotopic (exact) mass is 352 g/mol. The zero-order chi connectivity index (χ0) is 18.7. The molecule has 3 rings (SSSR count). The molecule has 1 aromatic carbocycles. The summed E-state index contributed by atoms with van der Waals surface area (Å²) in [6, 6.07) is 10.2. The van der Waals surface area contributed by atoms with Crippen molar-refractivity contribution in [3.63, 3.8) is 0 Å². The van der Waals surface area contributed by atoms with Gasteiger partial charge in [0.25, 0.3) is 11.7 Å². The molecule has 0 radical (unpaired) electrons. The molecule has 2 aromatic heterocycles. The molecule has 1 amide bonds. The first-order valence-electron chi connectivity index (χ1n) is 8.68. The summed E-state index contributed by atoms with van der Waals surface area (Å²) < 4.78 is 1.59.